The highest BCUT2D eigenvalue weighted by atomic mass is 32.2. The predicted octanol–water partition coefficient (Wildman–Crippen LogP) is 8.53. The van der Waals surface area contributed by atoms with Crippen LogP contribution in [0.25, 0.3) is 11.3 Å². The van der Waals surface area contributed by atoms with Gasteiger partial charge in [0.05, 0.1) is 93.8 Å². The monoisotopic (exact) mass is 1610 g/mol. The summed E-state index contributed by atoms with van der Waals surface area (Å²) in [6.07, 6.45) is -12.9. The van der Waals surface area contributed by atoms with Crippen molar-refractivity contribution in [1.29, 1.82) is 0 Å². The van der Waals surface area contributed by atoms with E-state index in [0.717, 1.165) is 51.6 Å². The molecule has 111 heavy (non-hydrogen) atoms. The number of phosphoric acid groups is 1. The average molecular weight is 1620 g/mol. The van der Waals surface area contributed by atoms with Gasteiger partial charge in [-0.2, -0.15) is 40.2 Å². The summed E-state index contributed by atoms with van der Waals surface area (Å²) in [7, 11) is -7.93. The van der Waals surface area contributed by atoms with Gasteiger partial charge in [0, 0.05) is 96.6 Å². The number of carbonyl (C=O) groups excluding carboxylic acids is 7. The van der Waals surface area contributed by atoms with E-state index in [4.69, 9.17) is 14.0 Å². The van der Waals surface area contributed by atoms with Crippen LogP contribution in [0.4, 0.5) is 54.6 Å². The number of methoxy groups -OCH3 is 2. The summed E-state index contributed by atoms with van der Waals surface area (Å²) in [6.45, 7) is 2.17. The van der Waals surface area contributed by atoms with E-state index < -0.39 is 210 Å². The third-order valence-corrected chi connectivity index (χ3v) is 20.9. The second-order valence-corrected chi connectivity index (χ2v) is 32.7. The summed E-state index contributed by atoms with van der Waals surface area (Å²) >= 11 is 0. The van der Waals surface area contributed by atoms with Crippen LogP contribution in [0, 0.1) is 53.1 Å². The summed E-state index contributed by atoms with van der Waals surface area (Å²) in [4.78, 5) is 132. The van der Waals surface area contributed by atoms with E-state index in [1.165, 1.54) is 63.5 Å². The first-order valence-corrected chi connectivity index (χ1v) is 38.2. The maximum absolute atomic E-state index is 16.9. The van der Waals surface area contributed by atoms with Crippen molar-refractivity contribution in [2.75, 3.05) is 70.5 Å². The smallest absolute Gasteiger partial charge is 0.469 e. The Bertz CT molecular complexity index is 4450. The molecule has 3 aromatic carbocycles. The van der Waals surface area contributed by atoms with Gasteiger partial charge in [-0.05, 0) is 93.1 Å². The summed E-state index contributed by atoms with van der Waals surface area (Å²) in [5.41, 5.74) is -7.61. The van der Waals surface area contributed by atoms with Crippen LogP contribution >= 0.6 is 7.82 Å². The number of aromatic nitrogens is 4. The quantitative estimate of drug-likeness (QED) is 0.00655. The molecule has 2 aromatic heterocycles. The number of phosphoric ester groups is 1. The molecule has 3 aliphatic rings. The normalized spacial score (nSPS) is 17.0. The van der Waals surface area contributed by atoms with Crippen LogP contribution in [0.15, 0.2) is 73.2 Å². The van der Waals surface area contributed by atoms with E-state index in [-0.39, 0.29) is 26.9 Å². The lowest BCUT2D eigenvalue weighted by molar-refractivity contribution is -0.231. The molecular weight excluding hydrogens is 1530 g/mol. The molecule has 6 atom stereocenters. The van der Waals surface area contributed by atoms with E-state index in [1.54, 1.807) is 0 Å². The molecule has 3 fully saturated rings. The van der Waals surface area contributed by atoms with Crippen molar-refractivity contribution in [2.24, 2.45) is 22.7 Å². The number of piperazine rings is 1. The van der Waals surface area contributed by atoms with Crippen LogP contribution in [-0.2, 0) is 86.9 Å². The molecule has 8 rings (SSSR count). The van der Waals surface area contributed by atoms with Gasteiger partial charge in [0.15, 0.2) is 21.4 Å². The van der Waals surface area contributed by atoms with Gasteiger partial charge >= 0.3 is 44.8 Å². The molecule has 5 N–H and O–H groups in total. The Morgan fingerprint density at radius 1 is 0.802 bits per heavy atom. The molecule has 5 aromatic rings. The Kier molecular flexibility index (Phi) is 27.8. The average Bonchev–Trinajstić information content (AvgIpc) is 1.72. The maximum Gasteiger partial charge on any atom is 0.524 e. The van der Waals surface area contributed by atoms with Crippen molar-refractivity contribution < 1.29 is 124 Å². The second kappa shape index (κ2) is 35.3. The third-order valence-electron chi connectivity index (χ3n) is 19.6. The Morgan fingerprint density at radius 3 is 1.94 bits per heavy atom. The molecule has 2 unspecified atom stereocenters. The number of sulfone groups is 1. The number of ether oxygens (including phenoxy) is 4. The number of fused-ring (bicyclic) bond motifs is 2. The molecule has 0 radical (unpaired) electrons. The molecule has 3 amide bonds. The van der Waals surface area contributed by atoms with E-state index >= 15 is 44.7 Å². The number of hydrogen-bond donors (Lipinski definition) is 5. The van der Waals surface area contributed by atoms with Gasteiger partial charge in [0.2, 0.25) is 17.8 Å². The molecule has 606 valence electrons. The summed E-state index contributed by atoms with van der Waals surface area (Å²) < 4.78 is 215. The Hall–Kier alpha value is -9.12. The first kappa shape index (κ1) is 87.5. The highest BCUT2D eigenvalue weighted by Crippen LogP contribution is 2.48. The fourth-order valence-corrected chi connectivity index (χ4v) is 14.7. The maximum atomic E-state index is 16.9. The topological polar surface area (TPSA) is 347 Å². The van der Waals surface area contributed by atoms with Gasteiger partial charge in [-0.15, -0.1) is 0 Å². The van der Waals surface area contributed by atoms with E-state index in [1.807, 2.05) is 5.32 Å². The van der Waals surface area contributed by atoms with Gasteiger partial charge in [-0.25, -0.2) is 46.2 Å². The number of hydrazine groups is 1. The lowest BCUT2D eigenvalue weighted by Crippen LogP contribution is -2.62. The number of ketones is 2. The van der Waals surface area contributed by atoms with Crippen molar-refractivity contribution in [3.63, 3.8) is 0 Å². The van der Waals surface area contributed by atoms with Crippen LogP contribution in [-0.4, -0.2) is 198 Å². The van der Waals surface area contributed by atoms with E-state index in [9.17, 15) is 55.5 Å². The fourth-order valence-electron chi connectivity index (χ4n) is 13.6. The van der Waals surface area contributed by atoms with Gasteiger partial charge in [-0.1, -0.05) is 57.7 Å². The van der Waals surface area contributed by atoms with Crippen LogP contribution in [0.5, 0.6) is 5.75 Å². The third kappa shape index (κ3) is 22.8. The number of esters is 2. The lowest BCUT2D eigenvalue weighted by Gasteiger charge is -2.47. The number of anilines is 1. The zero-order valence-corrected chi connectivity index (χ0v) is 63.6. The zero-order valence-electron chi connectivity index (χ0n) is 61.9. The van der Waals surface area contributed by atoms with Crippen molar-refractivity contribution >= 4 is 65.0 Å². The minimum atomic E-state index is -5.60. The highest BCUT2D eigenvalue weighted by molar-refractivity contribution is 7.91. The molecular formula is C72H85F10N10O17PS. The van der Waals surface area contributed by atoms with E-state index in [2.05, 4.69) is 56.9 Å². The minimum absolute atomic E-state index is 0.140. The van der Waals surface area contributed by atoms with Crippen LogP contribution in [0.3, 0.4) is 0 Å². The van der Waals surface area contributed by atoms with Crippen molar-refractivity contribution in [3.05, 3.63) is 124 Å². The Labute approximate surface area is 632 Å². The molecule has 3 aliphatic heterocycles. The number of alkyl carbamates (subject to hydrolysis) is 1. The van der Waals surface area contributed by atoms with Gasteiger partial charge in [0.25, 0.3) is 0 Å². The number of Topliss-reactive ketones (excluding diaryl/α,β-unsaturated/α-hetero) is 2. The second-order valence-electron chi connectivity index (χ2n) is 29.4. The molecule has 2 bridgehead atoms. The summed E-state index contributed by atoms with van der Waals surface area (Å²) in [5.74, 6) is -10.6. The van der Waals surface area contributed by atoms with Crippen molar-refractivity contribution in [3.8, 4) is 28.8 Å². The first-order valence-electron chi connectivity index (χ1n) is 34.6. The van der Waals surface area contributed by atoms with Crippen LogP contribution < -0.4 is 25.5 Å². The Morgan fingerprint density at radius 2 is 1.41 bits per heavy atom. The number of hydrogen-bond acceptors (Lipinski definition) is 21. The molecule has 0 aliphatic carbocycles. The van der Waals surface area contributed by atoms with Crippen LogP contribution in [0.1, 0.15) is 119 Å². The number of halogens is 10. The molecule has 3 saturated heterocycles. The van der Waals surface area contributed by atoms with E-state index in [0.29, 0.717) is 106 Å². The molecule has 5 heterocycles. The largest absolute Gasteiger partial charge is 0.524 e. The number of rotatable bonds is 33. The number of amides is 3. The fraction of sp³-hybridized carbons (Fsp3) is 0.528. The van der Waals surface area contributed by atoms with Crippen LogP contribution in [0.2, 0.25) is 0 Å². The molecule has 0 spiro atoms. The molecule has 27 nitrogen and oxygen atoms in total. The zero-order chi connectivity index (χ0) is 82.3. The standard InChI is InChI=1S/C72H85F10N10O17PS/c1-40-21-46(27-59(95)83-32-50(93)39-111(10,103)104)62(57(22-40)109-110(100,101)102)68(2,3)29-61(97)108-58(36-90(88-64(98)52(28-60(96)105-8)69(4,5)71(77,78)79)35-51-53(73)24-44(25-54(51)74)55-19-20-91(87-55)65(75)76)45(26-56(94)63(86-67(99)106-9)70(6,7)72(80,81)82)23-42-14-11-41(12-15-42)13-16-43-30-84-66(85-31-43)89-33-47-17-18-48(34-89)92(47)49-37-107-38-49/h11-12,14-15,19-22,24-25,30-31,45,47-49,52,58,63,65H,17-18,23,26-29,32-39H2,1-10H3,(H,83,95)(H,86,99)(H,88,98)(H2,100,101,102)/t45-,47?,48?,52-,58+,63-/m1/s1. The van der Waals surface area contributed by atoms with Crippen molar-refractivity contribution in [2.45, 2.75) is 155 Å². The lowest BCUT2D eigenvalue weighted by atomic mass is 9.75. The number of nitrogens with one attached hydrogen (secondary N) is 3. The molecule has 39 heteroatoms. The number of benzene rings is 3. The number of nitrogens with zero attached hydrogens (tertiary/aromatic N) is 7. The van der Waals surface area contributed by atoms with Gasteiger partial charge < -0.3 is 39.0 Å². The minimum Gasteiger partial charge on any atom is -0.469 e. The number of aryl methyl sites for hydroxylation is 1. The first-order chi connectivity index (χ1) is 51.6. The summed E-state index contributed by atoms with van der Waals surface area (Å²) in [5, 5.41) is 8.27. The highest BCUT2D eigenvalue weighted by Gasteiger charge is 2.57. The number of alkyl halides is 8. The predicted molar refractivity (Wildman–Crippen MR) is 376 cm³/mol. The Balaban J connectivity index is 1.27. The number of carbonyl (C=O) groups is 7. The van der Waals surface area contributed by atoms with Crippen molar-refractivity contribution in [1.82, 2.24) is 45.7 Å². The SMILES string of the molecule is COC(=O)C[C@H](C(=O)NN(Cc1c(F)cc(-c2ccn(C(F)F)n2)cc1F)C[C@H](OC(=O)CC(C)(C)c1c(CC(=O)NCC(=O)CS(C)(=O)=O)cc(C)cc1OP(=O)(O)O)[C@@H](CC(=O)[C@@H](NC(=O)OC)C(C)(C)C(F)(F)F)Cc1ccc(C#Cc2cnc(N3CC4CCC(C3)N4C3COC3)nc2)cc1)C(C)(C)C(F)(F)F. The van der Waals surface area contributed by atoms with Gasteiger partial charge in [-0.3, -0.25) is 48.9 Å². The molecule has 0 saturated carbocycles. The van der Waals surface area contributed by atoms with Gasteiger partial charge in [0.1, 0.15) is 35.3 Å². The summed E-state index contributed by atoms with van der Waals surface area (Å²) in [6, 6.07) is 8.72.